The van der Waals surface area contributed by atoms with Crippen molar-refractivity contribution in [2.75, 3.05) is 6.61 Å². The van der Waals surface area contributed by atoms with Crippen LogP contribution in [0.25, 0.3) is 0 Å². The van der Waals surface area contributed by atoms with E-state index in [1.807, 2.05) is 12.1 Å². The van der Waals surface area contributed by atoms with Crippen LogP contribution in [-0.2, 0) is 17.6 Å². The van der Waals surface area contributed by atoms with Crippen LogP contribution in [0.3, 0.4) is 0 Å². The third kappa shape index (κ3) is 3.17. The number of rotatable bonds is 5. The average molecular weight is 325 g/mol. The van der Waals surface area contributed by atoms with Crippen LogP contribution in [-0.4, -0.2) is 23.3 Å². The highest BCUT2D eigenvalue weighted by Crippen LogP contribution is 2.23. The Morgan fingerprint density at radius 3 is 2.62 bits per heavy atom. The van der Waals surface area contributed by atoms with Gasteiger partial charge in [-0.15, -0.1) is 0 Å². The molecule has 0 saturated carbocycles. The lowest BCUT2D eigenvalue weighted by atomic mass is 10.0. The highest BCUT2D eigenvalue weighted by Gasteiger charge is 2.22. The van der Waals surface area contributed by atoms with Crippen LogP contribution in [0.15, 0.2) is 42.5 Å². The number of carbonyl (C=O) groups excluding carboxylic acids is 2. The second kappa shape index (κ2) is 6.62. The molecule has 122 valence electrons. The van der Waals surface area contributed by atoms with Crippen molar-refractivity contribution in [1.82, 2.24) is 0 Å². The molecule has 0 N–H and O–H groups in total. The SMILES string of the molecule is O=C(COC(=O)c1ccccc1[N+](=O)[O-])c1ccc2c(c1)CCC2. The molecule has 0 saturated heterocycles. The van der Waals surface area contributed by atoms with Gasteiger partial charge in [-0.25, -0.2) is 4.79 Å². The van der Waals surface area contributed by atoms with Gasteiger partial charge in [0.05, 0.1) is 4.92 Å². The Kier molecular flexibility index (Phi) is 4.37. The third-order valence-electron chi connectivity index (χ3n) is 4.08. The van der Waals surface area contributed by atoms with E-state index in [-0.39, 0.29) is 17.0 Å². The minimum Gasteiger partial charge on any atom is -0.454 e. The molecule has 0 radical (unpaired) electrons. The van der Waals surface area contributed by atoms with Gasteiger partial charge in [-0.2, -0.15) is 0 Å². The fourth-order valence-corrected chi connectivity index (χ4v) is 2.84. The lowest BCUT2D eigenvalue weighted by Crippen LogP contribution is -2.15. The number of esters is 1. The summed E-state index contributed by atoms with van der Waals surface area (Å²) < 4.78 is 4.96. The summed E-state index contributed by atoms with van der Waals surface area (Å²) in [5, 5.41) is 10.9. The molecule has 6 heteroatoms. The molecule has 1 aliphatic rings. The number of nitro benzene ring substituents is 1. The highest BCUT2D eigenvalue weighted by atomic mass is 16.6. The van der Waals surface area contributed by atoms with Crippen molar-refractivity contribution in [3.63, 3.8) is 0 Å². The number of nitro groups is 1. The Hall–Kier alpha value is -3.02. The standard InChI is InChI=1S/C18H15NO5/c20-17(14-9-8-12-4-3-5-13(12)10-14)11-24-18(21)15-6-1-2-7-16(15)19(22)23/h1-2,6-10H,3-5,11H2. The predicted molar refractivity (Wildman–Crippen MR) is 86.2 cm³/mol. The topological polar surface area (TPSA) is 86.5 Å². The van der Waals surface area contributed by atoms with E-state index < -0.39 is 17.5 Å². The zero-order chi connectivity index (χ0) is 17.1. The summed E-state index contributed by atoms with van der Waals surface area (Å²) in [7, 11) is 0. The number of aryl methyl sites for hydroxylation is 2. The second-order valence-corrected chi connectivity index (χ2v) is 5.61. The van der Waals surface area contributed by atoms with Gasteiger partial charge < -0.3 is 4.74 Å². The molecule has 0 amide bonds. The first-order valence-corrected chi connectivity index (χ1v) is 7.62. The van der Waals surface area contributed by atoms with Crippen LogP contribution < -0.4 is 0 Å². The Bertz CT molecular complexity index is 828. The van der Waals surface area contributed by atoms with Crippen molar-refractivity contribution in [2.45, 2.75) is 19.3 Å². The highest BCUT2D eigenvalue weighted by molar-refractivity contribution is 6.00. The number of hydrogen-bond donors (Lipinski definition) is 0. The lowest BCUT2D eigenvalue weighted by molar-refractivity contribution is -0.385. The number of hydrogen-bond acceptors (Lipinski definition) is 5. The molecule has 6 nitrogen and oxygen atoms in total. The smallest absolute Gasteiger partial charge is 0.345 e. The second-order valence-electron chi connectivity index (χ2n) is 5.61. The van der Waals surface area contributed by atoms with E-state index in [0.29, 0.717) is 5.56 Å². The molecule has 0 unspecified atom stereocenters. The molecule has 0 fully saturated rings. The molecule has 0 aliphatic heterocycles. The molecule has 2 aromatic rings. The van der Waals surface area contributed by atoms with Crippen molar-refractivity contribution in [1.29, 1.82) is 0 Å². The van der Waals surface area contributed by atoms with Crippen LogP contribution in [0.4, 0.5) is 5.69 Å². The zero-order valence-electron chi connectivity index (χ0n) is 12.9. The molecule has 0 atom stereocenters. The summed E-state index contributed by atoms with van der Waals surface area (Å²) in [6.07, 6.45) is 3.06. The van der Waals surface area contributed by atoms with E-state index in [1.165, 1.54) is 29.8 Å². The Labute approximate surface area is 138 Å². The summed E-state index contributed by atoms with van der Waals surface area (Å²) in [4.78, 5) is 34.5. The minimum absolute atomic E-state index is 0.163. The lowest BCUT2D eigenvalue weighted by Gasteiger charge is -2.06. The molecule has 1 aliphatic carbocycles. The molecule has 0 heterocycles. The molecule has 0 spiro atoms. The molecule has 24 heavy (non-hydrogen) atoms. The van der Waals surface area contributed by atoms with Gasteiger partial charge in [0.1, 0.15) is 5.56 Å². The number of benzene rings is 2. The van der Waals surface area contributed by atoms with Gasteiger partial charge in [-0.05, 0) is 42.5 Å². The molecule has 2 aromatic carbocycles. The first-order valence-electron chi connectivity index (χ1n) is 7.62. The minimum atomic E-state index is -0.878. The van der Waals surface area contributed by atoms with Gasteiger partial charge >= 0.3 is 5.97 Å². The van der Waals surface area contributed by atoms with Crippen LogP contribution >= 0.6 is 0 Å². The Morgan fingerprint density at radius 1 is 1.08 bits per heavy atom. The number of ketones is 1. The monoisotopic (exact) mass is 325 g/mol. The van der Waals surface area contributed by atoms with Crippen molar-refractivity contribution in [3.05, 3.63) is 74.8 Å². The van der Waals surface area contributed by atoms with Crippen molar-refractivity contribution < 1.29 is 19.2 Å². The first-order chi connectivity index (χ1) is 11.6. The summed E-state index contributed by atoms with van der Waals surface area (Å²) >= 11 is 0. The summed E-state index contributed by atoms with van der Waals surface area (Å²) in [5.41, 5.74) is 2.40. The average Bonchev–Trinajstić information content (AvgIpc) is 3.06. The number of carbonyl (C=O) groups is 2. The maximum Gasteiger partial charge on any atom is 0.345 e. The van der Waals surface area contributed by atoms with Crippen LogP contribution in [0.2, 0.25) is 0 Å². The molecule has 0 aromatic heterocycles. The van der Waals surface area contributed by atoms with Gasteiger partial charge in [-0.3, -0.25) is 14.9 Å². The van der Waals surface area contributed by atoms with Crippen molar-refractivity contribution in [2.24, 2.45) is 0 Å². The summed E-state index contributed by atoms with van der Waals surface area (Å²) in [6.45, 7) is -0.441. The quantitative estimate of drug-likeness (QED) is 0.365. The Morgan fingerprint density at radius 2 is 1.83 bits per heavy atom. The van der Waals surface area contributed by atoms with Gasteiger partial charge in [0, 0.05) is 11.6 Å². The zero-order valence-corrected chi connectivity index (χ0v) is 12.9. The van der Waals surface area contributed by atoms with Gasteiger partial charge in [0.15, 0.2) is 12.4 Å². The largest absolute Gasteiger partial charge is 0.454 e. The summed E-state index contributed by atoms with van der Waals surface area (Å²) in [6, 6.07) is 11.0. The van der Waals surface area contributed by atoms with Gasteiger partial charge in [0.2, 0.25) is 0 Å². The first kappa shape index (κ1) is 15.9. The number of nitrogens with zero attached hydrogens (tertiary/aromatic N) is 1. The van der Waals surface area contributed by atoms with Crippen LogP contribution in [0.5, 0.6) is 0 Å². The van der Waals surface area contributed by atoms with Crippen molar-refractivity contribution in [3.8, 4) is 0 Å². The van der Waals surface area contributed by atoms with E-state index in [2.05, 4.69) is 0 Å². The third-order valence-corrected chi connectivity index (χ3v) is 4.08. The fraction of sp³-hybridized carbons (Fsp3) is 0.222. The van der Waals surface area contributed by atoms with Crippen molar-refractivity contribution >= 4 is 17.4 Å². The molecular formula is C18H15NO5. The number of fused-ring (bicyclic) bond motifs is 1. The molecular weight excluding hydrogens is 310 g/mol. The maximum atomic E-state index is 12.2. The van der Waals surface area contributed by atoms with E-state index in [1.54, 1.807) is 6.07 Å². The normalized spacial score (nSPS) is 12.5. The summed E-state index contributed by atoms with van der Waals surface area (Å²) in [5.74, 6) is -1.20. The van der Waals surface area contributed by atoms with E-state index in [9.17, 15) is 19.7 Å². The van der Waals surface area contributed by atoms with Gasteiger partial charge in [0.25, 0.3) is 5.69 Å². The number of ether oxygens (including phenoxy) is 1. The fourth-order valence-electron chi connectivity index (χ4n) is 2.84. The molecule has 0 bridgehead atoms. The van der Waals surface area contributed by atoms with Gasteiger partial charge in [-0.1, -0.05) is 24.3 Å². The Balaban J connectivity index is 1.68. The van der Waals surface area contributed by atoms with Crippen LogP contribution in [0, 0.1) is 10.1 Å². The maximum absolute atomic E-state index is 12.2. The van der Waals surface area contributed by atoms with E-state index >= 15 is 0 Å². The van der Waals surface area contributed by atoms with E-state index in [4.69, 9.17) is 4.74 Å². The van der Waals surface area contributed by atoms with E-state index in [0.717, 1.165) is 24.8 Å². The molecule has 3 rings (SSSR count). The number of Topliss-reactive ketones (excluding diaryl/α,β-unsaturated/α-hetero) is 1. The predicted octanol–water partition coefficient (Wildman–Crippen LogP) is 3.12. The van der Waals surface area contributed by atoms with Crippen LogP contribution in [0.1, 0.15) is 38.3 Å². The number of para-hydroxylation sites is 1.